The predicted octanol–water partition coefficient (Wildman–Crippen LogP) is 2.69. The van der Waals surface area contributed by atoms with Crippen molar-refractivity contribution in [3.05, 3.63) is 0 Å². The first kappa shape index (κ1) is 14.8. The minimum Gasteiger partial charge on any atom is -0.372 e. The molecule has 0 aromatic carbocycles. The second-order valence-electron chi connectivity index (χ2n) is 8.37. The van der Waals surface area contributed by atoms with Crippen LogP contribution in [0, 0.1) is 16.7 Å². The van der Waals surface area contributed by atoms with Gasteiger partial charge in [-0.1, -0.05) is 20.8 Å². The number of ether oxygens (including phenoxy) is 2. The first-order chi connectivity index (χ1) is 9.37. The molecule has 2 bridgehead atoms. The van der Waals surface area contributed by atoms with E-state index < -0.39 is 0 Å². The SMILES string of the molecule is CC1(C)[C@H]2CC[C@]1(C)[C@H](OCC[N+]1(C)CCOCC1)C2. The van der Waals surface area contributed by atoms with E-state index in [1.165, 1.54) is 19.3 Å². The Bertz CT molecular complexity index is 362. The molecule has 3 nitrogen and oxygen atoms in total. The first-order valence-electron chi connectivity index (χ1n) is 8.40. The van der Waals surface area contributed by atoms with E-state index in [0.717, 1.165) is 49.9 Å². The molecule has 3 heteroatoms. The second kappa shape index (κ2) is 4.96. The Balaban J connectivity index is 1.53. The van der Waals surface area contributed by atoms with Crippen LogP contribution < -0.4 is 0 Å². The van der Waals surface area contributed by atoms with Crippen LogP contribution in [0.25, 0.3) is 0 Å². The number of likely N-dealkylation sites (N-methyl/N-ethyl adjacent to an activating group) is 1. The third-order valence-electron chi connectivity index (χ3n) is 7.22. The molecule has 0 aromatic heterocycles. The van der Waals surface area contributed by atoms with Gasteiger partial charge < -0.3 is 14.0 Å². The van der Waals surface area contributed by atoms with E-state index in [1.807, 2.05) is 0 Å². The largest absolute Gasteiger partial charge is 0.372 e. The summed E-state index contributed by atoms with van der Waals surface area (Å²) in [4.78, 5) is 0. The van der Waals surface area contributed by atoms with E-state index in [-0.39, 0.29) is 0 Å². The van der Waals surface area contributed by atoms with Crippen LogP contribution in [0.2, 0.25) is 0 Å². The summed E-state index contributed by atoms with van der Waals surface area (Å²) in [5, 5.41) is 0. The van der Waals surface area contributed by atoms with Gasteiger partial charge in [0.1, 0.15) is 19.6 Å². The monoisotopic (exact) mass is 282 g/mol. The summed E-state index contributed by atoms with van der Waals surface area (Å²) >= 11 is 0. The molecule has 2 aliphatic carbocycles. The van der Waals surface area contributed by atoms with E-state index in [1.54, 1.807) is 0 Å². The molecule has 1 saturated heterocycles. The summed E-state index contributed by atoms with van der Waals surface area (Å²) < 4.78 is 13.0. The molecule has 0 unspecified atom stereocenters. The molecule has 116 valence electrons. The molecule has 3 rings (SSSR count). The van der Waals surface area contributed by atoms with Crippen molar-refractivity contribution < 1.29 is 14.0 Å². The fourth-order valence-corrected chi connectivity index (χ4v) is 4.80. The summed E-state index contributed by atoms with van der Waals surface area (Å²) in [6.45, 7) is 13.5. The summed E-state index contributed by atoms with van der Waals surface area (Å²) in [6, 6.07) is 0. The summed E-state index contributed by atoms with van der Waals surface area (Å²) in [7, 11) is 2.35. The maximum Gasteiger partial charge on any atom is 0.102 e. The molecule has 3 fully saturated rings. The van der Waals surface area contributed by atoms with Gasteiger partial charge in [-0.15, -0.1) is 0 Å². The van der Waals surface area contributed by atoms with Crippen LogP contribution in [0.4, 0.5) is 0 Å². The average Bonchev–Trinajstić information content (AvgIpc) is 2.72. The van der Waals surface area contributed by atoms with Crippen molar-refractivity contribution in [2.45, 2.75) is 46.1 Å². The lowest BCUT2D eigenvalue weighted by atomic mass is 9.70. The van der Waals surface area contributed by atoms with Crippen molar-refractivity contribution >= 4 is 0 Å². The Labute approximate surface area is 124 Å². The van der Waals surface area contributed by atoms with Crippen LogP contribution in [0.5, 0.6) is 0 Å². The second-order valence-corrected chi connectivity index (χ2v) is 8.37. The standard InChI is InChI=1S/C17H32NO2/c1-16(2)14-5-6-17(16,3)15(13-14)20-12-9-18(4)7-10-19-11-8-18/h14-15H,5-13H2,1-4H3/q+1/t14-,15+,17+/m0/s1. The zero-order chi connectivity index (χ0) is 14.4. The van der Waals surface area contributed by atoms with Gasteiger partial charge in [-0.2, -0.15) is 0 Å². The molecule has 1 aliphatic heterocycles. The fourth-order valence-electron chi connectivity index (χ4n) is 4.80. The van der Waals surface area contributed by atoms with Gasteiger partial charge in [0.15, 0.2) is 0 Å². The topological polar surface area (TPSA) is 18.5 Å². The smallest absolute Gasteiger partial charge is 0.102 e. The van der Waals surface area contributed by atoms with Gasteiger partial charge in [0.25, 0.3) is 0 Å². The highest BCUT2D eigenvalue weighted by molar-refractivity contribution is 5.11. The number of rotatable bonds is 4. The van der Waals surface area contributed by atoms with E-state index in [0.29, 0.717) is 16.9 Å². The number of quaternary nitrogens is 1. The zero-order valence-corrected chi connectivity index (χ0v) is 13.8. The third-order valence-corrected chi connectivity index (χ3v) is 7.22. The Morgan fingerprint density at radius 3 is 2.45 bits per heavy atom. The maximum atomic E-state index is 6.39. The van der Waals surface area contributed by atoms with Crippen molar-refractivity contribution in [1.82, 2.24) is 0 Å². The maximum absolute atomic E-state index is 6.39. The van der Waals surface area contributed by atoms with Gasteiger partial charge in [-0.3, -0.25) is 0 Å². The van der Waals surface area contributed by atoms with Crippen molar-refractivity contribution in [3.63, 3.8) is 0 Å². The normalized spacial score (nSPS) is 42.0. The number of hydrogen-bond acceptors (Lipinski definition) is 2. The van der Waals surface area contributed by atoms with Crippen LogP contribution in [-0.4, -0.2) is 57.1 Å². The van der Waals surface area contributed by atoms with Gasteiger partial charge in [-0.25, -0.2) is 0 Å². The number of nitrogens with zero attached hydrogens (tertiary/aromatic N) is 1. The van der Waals surface area contributed by atoms with Crippen LogP contribution in [0.15, 0.2) is 0 Å². The quantitative estimate of drug-likeness (QED) is 0.738. The molecule has 2 saturated carbocycles. The Morgan fingerprint density at radius 1 is 1.20 bits per heavy atom. The molecule has 1 heterocycles. The highest BCUT2D eigenvalue weighted by atomic mass is 16.5. The molecule has 0 radical (unpaired) electrons. The van der Waals surface area contributed by atoms with Crippen molar-refractivity contribution in [2.75, 3.05) is 46.5 Å². The van der Waals surface area contributed by atoms with Gasteiger partial charge in [0, 0.05) is 0 Å². The lowest BCUT2D eigenvalue weighted by molar-refractivity contribution is -0.917. The number of hydrogen-bond donors (Lipinski definition) is 0. The Morgan fingerprint density at radius 2 is 1.90 bits per heavy atom. The number of morpholine rings is 1. The molecule has 0 N–H and O–H groups in total. The molecule has 0 amide bonds. The van der Waals surface area contributed by atoms with E-state index in [4.69, 9.17) is 9.47 Å². The fraction of sp³-hybridized carbons (Fsp3) is 1.00. The molecule has 20 heavy (non-hydrogen) atoms. The average molecular weight is 282 g/mol. The van der Waals surface area contributed by atoms with E-state index in [2.05, 4.69) is 27.8 Å². The zero-order valence-electron chi connectivity index (χ0n) is 13.8. The van der Waals surface area contributed by atoms with Crippen molar-refractivity contribution in [2.24, 2.45) is 16.7 Å². The third kappa shape index (κ3) is 2.22. The molecule has 3 aliphatic rings. The number of fused-ring (bicyclic) bond motifs is 2. The molecule has 3 atom stereocenters. The van der Waals surface area contributed by atoms with E-state index >= 15 is 0 Å². The highest BCUT2D eigenvalue weighted by Crippen LogP contribution is 2.66. The van der Waals surface area contributed by atoms with Crippen LogP contribution >= 0.6 is 0 Å². The summed E-state index contributed by atoms with van der Waals surface area (Å²) in [6.07, 6.45) is 4.55. The minimum absolute atomic E-state index is 0.404. The van der Waals surface area contributed by atoms with Crippen molar-refractivity contribution in [3.8, 4) is 0 Å². The van der Waals surface area contributed by atoms with Crippen molar-refractivity contribution in [1.29, 1.82) is 0 Å². The molecular formula is C17H32NO2+. The highest BCUT2D eigenvalue weighted by Gasteiger charge is 2.61. The van der Waals surface area contributed by atoms with Gasteiger partial charge in [-0.05, 0) is 36.0 Å². The lowest BCUT2D eigenvalue weighted by Gasteiger charge is -2.40. The predicted molar refractivity (Wildman–Crippen MR) is 80.6 cm³/mol. The van der Waals surface area contributed by atoms with E-state index in [9.17, 15) is 0 Å². The van der Waals surface area contributed by atoms with Gasteiger partial charge in [0.2, 0.25) is 0 Å². The lowest BCUT2D eigenvalue weighted by Crippen LogP contribution is -2.53. The van der Waals surface area contributed by atoms with Crippen LogP contribution in [0.1, 0.15) is 40.0 Å². The summed E-state index contributed by atoms with van der Waals surface area (Å²) in [5.74, 6) is 0.880. The molecule has 0 aromatic rings. The minimum atomic E-state index is 0.404. The Kier molecular flexibility index (Phi) is 3.67. The van der Waals surface area contributed by atoms with Gasteiger partial charge >= 0.3 is 0 Å². The summed E-state index contributed by atoms with van der Waals surface area (Å²) in [5.41, 5.74) is 0.871. The van der Waals surface area contributed by atoms with Crippen LogP contribution in [-0.2, 0) is 9.47 Å². The molecule has 0 spiro atoms. The Hall–Kier alpha value is -0.120. The first-order valence-corrected chi connectivity index (χ1v) is 8.40. The van der Waals surface area contributed by atoms with Gasteiger partial charge in [0.05, 0.1) is 33.0 Å². The van der Waals surface area contributed by atoms with Crippen LogP contribution in [0.3, 0.4) is 0 Å². The molecular weight excluding hydrogens is 250 g/mol.